The van der Waals surface area contributed by atoms with Gasteiger partial charge in [-0.1, -0.05) is 13.3 Å². The second-order valence-corrected chi connectivity index (χ2v) is 4.45. The number of likely N-dealkylation sites (N-methyl/N-ethyl adjacent to an activating group) is 1. The number of aliphatic hydroxyl groups is 1. The van der Waals surface area contributed by atoms with Crippen LogP contribution in [0.5, 0.6) is 0 Å². The van der Waals surface area contributed by atoms with Crippen LogP contribution in [0.15, 0.2) is 6.33 Å². The maximum Gasteiger partial charge on any atom is 0.137 e. The number of aromatic nitrogens is 2. The molecule has 0 bridgehead atoms. The summed E-state index contributed by atoms with van der Waals surface area (Å²) in [5.41, 5.74) is 1.13. The molecule has 0 aliphatic rings. The van der Waals surface area contributed by atoms with Crippen LogP contribution >= 0.6 is 0 Å². The average molecular weight is 252 g/mol. The predicted molar refractivity (Wildman–Crippen MR) is 75.1 cm³/mol. The Morgan fingerprint density at radius 2 is 2.11 bits per heavy atom. The van der Waals surface area contributed by atoms with Crippen molar-refractivity contribution in [2.24, 2.45) is 0 Å². The Morgan fingerprint density at radius 1 is 1.39 bits per heavy atom. The van der Waals surface area contributed by atoms with Gasteiger partial charge in [-0.2, -0.15) is 0 Å². The van der Waals surface area contributed by atoms with Gasteiger partial charge in [-0.25, -0.2) is 9.97 Å². The van der Waals surface area contributed by atoms with Gasteiger partial charge >= 0.3 is 0 Å². The van der Waals surface area contributed by atoms with Crippen molar-refractivity contribution in [3.63, 3.8) is 0 Å². The summed E-state index contributed by atoms with van der Waals surface area (Å²) in [6, 6.07) is 0.0463. The van der Waals surface area contributed by atoms with E-state index < -0.39 is 0 Å². The van der Waals surface area contributed by atoms with Crippen molar-refractivity contribution in [3.05, 3.63) is 11.9 Å². The highest BCUT2D eigenvalue weighted by Gasteiger charge is 2.17. The highest BCUT2D eigenvalue weighted by atomic mass is 16.3. The van der Waals surface area contributed by atoms with Crippen LogP contribution in [0.25, 0.3) is 0 Å². The molecule has 0 aliphatic heterocycles. The fourth-order valence-electron chi connectivity index (χ4n) is 1.84. The summed E-state index contributed by atoms with van der Waals surface area (Å²) in [6.45, 7) is 7.12. The van der Waals surface area contributed by atoms with Crippen LogP contribution in [0.4, 0.5) is 11.6 Å². The molecule has 1 aromatic rings. The molecule has 18 heavy (non-hydrogen) atoms. The van der Waals surface area contributed by atoms with Gasteiger partial charge < -0.3 is 15.3 Å². The second kappa shape index (κ2) is 7.16. The fraction of sp³-hybridized carbons (Fsp3) is 0.692. The largest absolute Gasteiger partial charge is 0.394 e. The van der Waals surface area contributed by atoms with Gasteiger partial charge in [0.05, 0.1) is 12.6 Å². The van der Waals surface area contributed by atoms with Crippen LogP contribution in [-0.4, -0.2) is 41.3 Å². The van der Waals surface area contributed by atoms with Gasteiger partial charge in [-0.3, -0.25) is 0 Å². The fourth-order valence-corrected chi connectivity index (χ4v) is 1.84. The summed E-state index contributed by atoms with van der Waals surface area (Å²) in [5.74, 6) is 1.81. The minimum absolute atomic E-state index is 0.0463. The number of nitrogens with zero attached hydrogens (tertiary/aromatic N) is 3. The number of nitrogens with one attached hydrogen (secondary N) is 1. The third-order valence-corrected chi connectivity index (χ3v) is 3.03. The normalized spacial score (nSPS) is 12.3. The lowest BCUT2D eigenvalue weighted by Gasteiger charge is -2.27. The molecule has 5 nitrogen and oxygen atoms in total. The third-order valence-electron chi connectivity index (χ3n) is 3.03. The molecule has 2 N–H and O–H groups in total. The Kier molecular flexibility index (Phi) is 5.85. The van der Waals surface area contributed by atoms with Crippen molar-refractivity contribution in [2.75, 3.05) is 30.4 Å². The molecule has 0 radical (unpaired) electrons. The average Bonchev–Trinajstić information content (AvgIpc) is 2.39. The molecular weight excluding hydrogens is 228 g/mol. The zero-order valence-corrected chi connectivity index (χ0v) is 11.8. The number of hydrogen-bond donors (Lipinski definition) is 2. The van der Waals surface area contributed by atoms with Crippen molar-refractivity contribution in [3.8, 4) is 0 Å². The molecule has 5 heteroatoms. The molecule has 1 aromatic heterocycles. The Hall–Kier alpha value is -1.36. The molecule has 0 saturated carbocycles. The zero-order chi connectivity index (χ0) is 13.5. The molecule has 1 unspecified atom stereocenters. The first-order valence-electron chi connectivity index (χ1n) is 6.57. The Morgan fingerprint density at radius 3 is 2.67 bits per heavy atom. The van der Waals surface area contributed by atoms with E-state index in [0.29, 0.717) is 0 Å². The van der Waals surface area contributed by atoms with E-state index in [1.165, 1.54) is 0 Å². The second-order valence-electron chi connectivity index (χ2n) is 4.45. The lowest BCUT2D eigenvalue weighted by molar-refractivity contribution is 0.269. The predicted octanol–water partition coefficient (Wildman–Crippen LogP) is 1.68. The maximum absolute atomic E-state index is 9.26. The van der Waals surface area contributed by atoms with E-state index in [9.17, 15) is 5.11 Å². The lowest BCUT2D eigenvalue weighted by Crippen LogP contribution is -2.33. The molecule has 0 amide bonds. The van der Waals surface area contributed by atoms with Gasteiger partial charge in [0, 0.05) is 19.2 Å². The van der Waals surface area contributed by atoms with Crippen LogP contribution < -0.4 is 10.2 Å². The molecular formula is C13H24N4O. The Balaban J connectivity index is 3.12. The minimum Gasteiger partial charge on any atom is -0.394 e. The lowest BCUT2D eigenvalue weighted by atomic mass is 10.1. The maximum atomic E-state index is 9.26. The highest BCUT2D eigenvalue weighted by Crippen LogP contribution is 2.25. The van der Waals surface area contributed by atoms with Crippen molar-refractivity contribution in [2.45, 2.75) is 39.7 Å². The molecule has 1 heterocycles. The van der Waals surface area contributed by atoms with Crippen molar-refractivity contribution in [1.29, 1.82) is 0 Å². The van der Waals surface area contributed by atoms with Crippen LogP contribution in [0, 0.1) is 0 Å². The van der Waals surface area contributed by atoms with E-state index in [0.717, 1.165) is 36.6 Å². The summed E-state index contributed by atoms with van der Waals surface area (Å²) >= 11 is 0. The monoisotopic (exact) mass is 252 g/mol. The Labute approximate surface area is 109 Å². The van der Waals surface area contributed by atoms with Gasteiger partial charge in [-0.05, 0) is 20.3 Å². The van der Waals surface area contributed by atoms with Crippen molar-refractivity contribution < 1.29 is 5.11 Å². The molecule has 0 spiro atoms. The molecule has 0 fully saturated rings. The van der Waals surface area contributed by atoms with Crippen molar-refractivity contribution >= 4 is 11.6 Å². The van der Waals surface area contributed by atoms with Gasteiger partial charge in [0.2, 0.25) is 0 Å². The van der Waals surface area contributed by atoms with E-state index >= 15 is 0 Å². The van der Waals surface area contributed by atoms with Crippen molar-refractivity contribution in [1.82, 2.24) is 9.97 Å². The van der Waals surface area contributed by atoms with E-state index in [-0.39, 0.29) is 12.6 Å². The first-order valence-corrected chi connectivity index (χ1v) is 6.57. The number of rotatable bonds is 7. The van der Waals surface area contributed by atoms with Crippen LogP contribution in [0.1, 0.15) is 32.8 Å². The van der Waals surface area contributed by atoms with Crippen LogP contribution in [0.2, 0.25) is 0 Å². The molecule has 0 aliphatic carbocycles. The van der Waals surface area contributed by atoms with Gasteiger partial charge in [0.1, 0.15) is 18.0 Å². The topological polar surface area (TPSA) is 61.3 Å². The zero-order valence-electron chi connectivity index (χ0n) is 11.8. The van der Waals surface area contributed by atoms with Gasteiger partial charge in [0.25, 0.3) is 0 Å². The summed E-state index contributed by atoms with van der Waals surface area (Å²) in [4.78, 5) is 10.7. The van der Waals surface area contributed by atoms with E-state index in [1.807, 2.05) is 18.9 Å². The molecule has 0 aromatic carbocycles. The molecule has 1 atom stereocenters. The SMILES string of the molecule is CCCc1c(NCC)ncnc1N(C)C(C)CO. The van der Waals surface area contributed by atoms with Crippen LogP contribution in [0.3, 0.4) is 0 Å². The minimum atomic E-state index is 0.0463. The number of hydrogen-bond acceptors (Lipinski definition) is 5. The van der Waals surface area contributed by atoms with Gasteiger partial charge in [-0.15, -0.1) is 0 Å². The number of anilines is 2. The highest BCUT2D eigenvalue weighted by molar-refractivity contribution is 5.58. The molecule has 1 rings (SSSR count). The molecule has 0 saturated heterocycles. The first-order chi connectivity index (χ1) is 8.65. The molecule has 102 valence electrons. The number of aliphatic hydroxyl groups excluding tert-OH is 1. The van der Waals surface area contributed by atoms with E-state index in [4.69, 9.17) is 0 Å². The van der Waals surface area contributed by atoms with E-state index in [2.05, 4.69) is 29.1 Å². The smallest absolute Gasteiger partial charge is 0.137 e. The Bertz CT molecular complexity index is 370. The quantitative estimate of drug-likeness (QED) is 0.773. The van der Waals surface area contributed by atoms with E-state index in [1.54, 1.807) is 6.33 Å². The standard InChI is InChI=1S/C13H24N4O/c1-5-7-11-12(14-6-2)15-9-16-13(11)17(4)10(3)8-18/h9-10,18H,5-8H2,1-4H3,(H,14,15,16). The summed E-state index contributed by atoms with van der Waals surface area (Å²) < 4.78 is 0. The van der Waals surface area contributed by atoms with Gasteiger partial charge in [0.15, 0.2) is 0 Å². The summed E-state index contributed by atoms with van der Waals surface area (Å²) in [7, 11) is 1.96. The summed E-state index contributed by atoms with van der Waals surface area (Å²) in [5, 5.41) is 12.5. The summed E-state index contributed by atoms with van der Waals surface area (Å²) in [6.07, 6.45) is 3.55. The van der Waals surface area contributed by atoms with Crippen LogP contribution in [-0.2, 0) is 6.42 Å². The first kappa shape index (κ1) is 14.7. The third kappa shape index (κ3) is 3.32.